The highest BCUT2D eigenvalue weighted by atomic mass is 19.1. The monoisotopic (exact) mass is 321 g/mol. The van der Waals surface area contributed by atoms with Crippen molar-refractivity contribution in [1.82, 2.24) is 20.2 Å². The van der Waals surface area contributed by atoms with Gasteiger partial charge in [0, 0.05) is 13.1 Å². The summed E-state index contributed by atoms with van der Waals surface area (Å²) in [4.78, 5) is 0. The summed E-state index contributed by atoms with van der Waals surface area (Å²) < 4.78 is 27.0. The quantitative estimate of drug-likeness (QED) is 0.927. The molecule has 1 N–H and O–H groups in total. The van der Waals surface area contributed by atoms with Crippen LogP contribution in [0.2, 0.25) is 0 Å². The van der Waals surface area contributed by atoms with E-state index in [4.69, 9.17) is 9.47 Å². The van der Waals surface area contributed by atoms with Gasteiger partial charge in [0.15, 0.2) is 0 Å². The van der Waals surface area contributed by atoms with Crippen molar-refractivity contribution in [2.75, 3.05) is 25.6 Å². The van der Waals surface area contributed by atoms with Gasteiger partial charge in [-0.05, 0) is 27.5 Å². The predicted octanol–water partition coefficient (Wildman–Crippen LogP) is 1.92. The minimum absolute atomic E-state index is 0.0804. The highest BCUT2D eigenvalue weighted by Gasteiger charge is 2.27. The van der Waals surface area contributed by atoms with E-state index in [0.29, 0.717) is 36.2 Å². The number of nitrogens with one attached hydrogen (secondary N) is 1. The lowest BCUT2D eigenvalue weighted by Crippen LogP contribution is -2.38. The highest BCUT2D eigenvalue weighted by molar-refractivity contribution is 5.53. The van der Waals surface area contributed by atoms with Gasteiger partial charge >= 0.3 is 0 Å². The largest absolute Gasteiger partial charge is 0.483 e. The van der Waals surface area contributed by atoms with Crippen LogP contribution in [0.15, 0.2) is 12.1 Å². The van der Waals surface area contributed by atoms with Gasteiger partial charge < -0.3 is 14.8 Å². The maximum atomic E-state index is 14.5. The Bertz CT molecular complexity index is 706. The lowest BCUT2D eigenvalue weighted by Gasteiger charge is -2.29. The molecule has 0 atom stereocenters. The number of hydrogen-bond donors (Lipinski definition) is 1. The Balaban J connectivity index is 2.12. The van der Waals surface area contributed by atoms with Crippen LogP contribution in [0.3, 0.4) is 0 Å². The Morgan fingerprint density at radius 3 is 2.65 bits per heavy atom. The molecule has 1 aliphatic rings. The third kappa shape index (κ3) is 2.98. The molecule has 2 aromatic rings. The summed E-state index contributed by atoms with van der Waals surface area (Å²) in [7, 11) is 1.72. The summed E-state index contributed by atoms with van der Waals surface area (Å²) in [6.45, 7) is 6.85. The molecule has 1 aromatic heterocycles. The average Bonchev–Trinajstić information content (AvgIpc) is 2.89. The van der Waals surface area contributed by atoms with Crippen LogP contribution in [-0.2, 0) is 10.2 Å². The van der Waals surface area contributed by atoms with Crippen molar-refractivity contribution < 1.29 is 13.9 Å². The molecule has 1 saturated heterocycles. The fourth-order valence-corrected chi connectivity index (χ4v) is 2.35. The van der Waals surface area contributed by atoms with Crippen molar-refractivity contribution in [3.8, 4) is 11.4 Å². The lowest BCUT2D eigenvalue weighted by atomic mass is 9.86. The molecule has 0 spiro atoms. The zero-order valence-electron chi connectivity index (χ0n) is 13.6. The van der Waals surface area contributed by atoms with E-state index in [2.05, 4.69) is 20.8 Å². The topological polar surface area (TPSA) is 74.1 Å². The van der Waals surface area contributed by atoms with Crippen LogP contribution >= 0.6 is 0 Å². The molecule has 0 aliphatic carbocycles. The van der Waals surface area contributed by atoms with E-state index in [-0.39, 0.29) is 17.3 Å². The summed E-state index contributed by atoms with van der Waals surface area (Å²) in [5.41, 5.74) is 0.810. The standard InChI is InChI=1S/C15H20FN5O2/c1-15(2,3)10-5-12(21-14(17-4)18-19-20-21)13(6-11(10)16)23-9-7-22-8-9/h5-6,9H,7-8H2,1-4H3,(H,17,18,20). The van der Waals surface area contributed by atoms with Gasteiger partial charge in [-0.3, -0.25) is 0 Å². The maximum absolute atomic E-state index is 14.5. The number of hydrogen-bond acceptors (Lipinski definition) is 6. The second-order valence-corrected chi connectivity index (χ2v) is 6.49. The summed E-state index contributed by atoms with van der Waals surface area (Å²) in [6.07, 6.45) is -0.0804. The minimum Gasteiger partial charge on any atom is -0.483 e. The Morgan fingerprint density at radius 1 is 1.35 bits per heavy atom. The Hall–Kier alpha value is -2.22. The second-order valence-electron chi connectivity index (χ2n) is 6.49. The molecule has 23 heavy (non-hydrogen) atoms. The summed E-state index contributed by atoms with van der Waals surface area (Å²) in [6, 6.07) is 3.14. The molecule has 124 valence electrons. The fraction of sp³-hybridized carbons (Fsp3) is 0.533. The molecule has 2 heterocycles. The normalized spacial score (nSPS) is 15.3. The number of aromatic nitrogens is 4. The van der Waals surface area contributed by atoms with Crippen molar-refractivity contribution in [2.24, 2.45) is 0 Å². The SMILES string of the molecule is CNc1nnnn1-c1cc(C(C)(C)C)c(F)cc1OC1COC1. The van der Waals surface area contributed by atoms with Crippen LogP contribution in [0.4, 0.5) is 10.3 Å². The smallest absolute Gasteiger partial charge is 0.247 e. The van der Waals surface area contributed by atoms with Gasteiger partial charge in [-0.2, -0.15) is 4.68 Å². The zero-order chi connectivity index (χ0) is 16.6. The Labute approximate surface area is 133 Å². The van der Waals surface area contributed by atoms with Gasteiger partial charge in [-0.1, -0.05) is 25.9 Å². The first-order chi connectivity index (χ1) is 10.9. The molecule has 3 rings (SSSR count). The molecule has 8 heteroatoms. The minimum atomic E-state index is -0.356. The summed E-state index contributed by atoms with van der Waals surface area (Å²) in [5, 5.41) is 14.5. The van der Waals surface area contributed by atoms with Crippen molar-refractivity contribution in [2.45, 2.75) is 32.3 Å². The summed E-state index contributed by atoms with van der Waals surface area (Å²) >= 11 is 0. The van der Waals surface area contributed by atoms with Gasteiger partial charge in [0.05, 0.1) is 13.2 Å². The Morgan fingerprint density at radius 2 is 2.09 bits per heavy atom. The molecular weight excluding hydrogens is 301 g/mol. The van der Waals surface area contributed by atoms with Gasteiger partial charge in [-0.25, -0.2) is 4.39 Å². The number of rotatable bonds is 4. The molecule has 0 amide bonds. The van der Waals surface area contributed by atoms with E-state index in [1.54, 1.807) is 13.1 Å². The van der Waals surface area contributed by atoms with Crippen molar-refractivity contribution in [3.63, 3.8) is 0 Å². The van der Waals surface area contributed by atoms with Crippen LogP contribution in [0.5, 0.6) is 5.75 Å². The number of ether oxygens (including phenoxy) is 2. The molecular formula is C15H20FN5O2. The van der Waals surface area contributed by atoms with Crippen LogP contribution in [0.25, 0.3) is 5.69 Å². The third-order valence-electron chi connectivity index (χ3n) is 3.68. The number of anilines is 1. The molecule has 0 bridgehead atoms. The van der Waals surface area contributed by atoms with E-state index in [9.17, 15) is 4.39 Å². The molecule has 7 nitrogen and oxygen atoms in total. The van der Waals surface area contributed by atoms with E-state index in [1.807, 2.05) is 20.8 Å². The van der Waals surface area contributed by atoms with Crippen molar-refractivity contribution in [3.05, 3.63) is 23.5 Å². The number of halogens is 1. The zero-order valence-corrected chi connectivity index (χ0v) is 13.6. The van der Waals surface area contributed by atoms with Crippen LogP contribution in [0, 0.1) is 5.82 Å². The van der Waals surface area contributed by atoms with Crippen LogP contribution in [0.1, 0.15) is 26.3 Å². The average molecular weight is 321 g/mol. The highest BCUT2D eigenvalue weighted by Crippen LogP contribution is 2.34. The lowest BCUT2D eigenvalue weighted by molar-refractivity contribution is -0.0797. The van der Waals surface area contributed by atoms with Crippen LogP contribution in [-0.4, -0.2) is 46.6 Å². The maximum Gasteiger partial charge on any atom is 0.247 e. The number of tetrazole rings is 1. The number of benzene rings is 1. The molecule has 1 aliphatic heterocycles. The third-order valence-corrected chi connectivity index (χ3v) is 3.68. The van der Waals surface area contributed by atoms with E-state index in [1.165, 1.54) is 10.7 Å². The van der Waals surface area contributed by atoms with Crippen molar-refractivity contribution in [1.29, 1.82) is 0 Å². The van der Waals surface area contributed by atoms with Gasteiger partial charge in [0.1, 0.15) is 23.4 Å². The molecule has 0 unspecified atom stereocenters. The van der Waals surface area contributed by atoms with Gasteiger partial charge in [0.2, 0.25) is 5.95 Å². The van der Waals surface area contributed by atoms with Gasteiger partial charge in [0.25, 0.3) is 0 Å². The molecule has 0 radical (unpaired) electrons. The molecule has 1 fully saturated rings. The molecule has 0 saturated carbocycles. The number of nitrogens with zero attached hydrogens (tertiary/aromatic N) is 4. The summed E-state index contributed by atoms with van der Waals surface area (Å²) in [5.74, 6) is 0.536. The van der Waals surface area contributed by atoms with E-state index in [0.717, 1.165) is 0 Å². The first kappa shape index (κ1) is 15.7. The van der Waals surface area contributed by atoms with Gasteiger partial charge in [-0.15, -0.1) is 0 Å². The Kier molecular flexibility index (Phi) is 3.93. The van der Waals surface area contributed by atoms with E-state index >= 15 is 0 Å². The van der Waals surface area contributed by atoms with E-state index < -0.39 is 0 Å². The van der Waals surface area contributed by atoms with Crippen molar-refractivity contribution >= 4 is 5.95 Å². The molecule has 1 aromatic carbocycles. The first-order valence-corrected chi connectivity index (χ1v) is 7.45. The second kappa shape index (κ2) is 5.77. The predicted molar refractivity (Wildman–Crippen MR) is 82.6 cm³/mol. The van der Waals surface area contributed by atoms with Crippen LogP contribution < -0.4 is 10.1 Å². The fourth-order valence-electron chi connectivity index (χ4n) is 2.35. The first-order valence-electron chi connectivity index (χ1n) is 7.45.